The van der Waals surface area contributed by atoms with Crippen molar-refractivity contribution in [2.24, 2.45) is 0 Å². The summed E-state index contributed by atoms with van der Waals surface area (Å²) in [6.45, 7) is 3.20. The molecule has 0 spiro atoms. The van der Waals surface area contributed by atoms with Gasteiger partial charge in [-0.1, -0.05) is 23.8 Å². The maximum Gasteiger partial charge on any atom is 0.161 e. The number of ether oxygens (including phenoxy) is 2. The van der Waals surface area contributed by atoms with Gasteiger partial charge in [0.2, 0.25) is 0 Å². The van der Waals surface area contributed by atoms with E-state index in [9.17, 15) is 5.11 Å². The van der Waals surface area contributed by atoms with E-state index in [-0.39, 0.29) is 12.6 Å². The van der Waals surface area contributed by atoms with Crippen LogP contribution >= 0.6 is 0 Å². The number of anilines is 1. The van der Waals surface area contributed by atoms with E-state index >= 15 is 0 Å². The van der Waals surface area contributed by atoms with E-state index in [1.807, 2.05) is 49.4 Å². The Balaban J connectivity index is 1.81. The predicted octanol–water partition coefficient (Wildman–Crippen LogP) is 2.91. The standard InChI is InChI=1S/C17H19NO3/c1-12-2-5-14(6-3-12)18-15(11-19)13-4-7-16-17(10-13)21-9-8-20-16/h2-7,10,15,18-19H,8-9,11H2,1H3. The quantitative estimate of drug-likeness (QED) is 0.907. The summed E-state index contributed by atoms with van der Waals surface area (Å²) in [4.78, 5) is 0. The van der Waals surface area contributed by atoms with Crippen LogP contribution < -0.4 is 14.8 Å². The van der Waals surface area contributed by atoms with E-state index in [0.29, 0.717) is 13.2 Å². The van der Waals surface area contributed by atoms with Crippen molar-refractivity contribution in [3.8, 4) is 11.5 Å². The Morgan fingerprint density at radius 3 is 2.48 bits per heavy atom. The Morgan fingerprint density at radius 2 is 1.76 bits per heavy atom. The van der Waals surface area contributed by atoms with Crippen LogP contribution in [0.4, 0.5) is 5.69 Å². The van der Waals surface area contributed by atoms with Crippen LogP contribution in [0, 0.1) is 6.92 Å². The van der Waals surface area contributed by atoms with Crippen LogP contribution in [0.25, 0.3) is 0 Å². The smallest absolute Gasteiger partial charge is 0.161 e. The third-order valence-electron chi connectivity index (χ3n) is 3.54. The SMILES string of the molecule is Cc1ccc(NC(CO)c2ccc3c(c2)OCCO3)cc1. The molecule has 1 aliphatic heterocycles. The highest BCUT2D eigenvalue weighted by Gasteiger charge is 2.16. The van der Waals surface area contributed by atoms with Crippen LogP contribution in [0.5, 0.6) is 11.5 Å². The van der Waals surface area contributed by atoms with Crippen LogP contribution in [0.2, 0.25) is 0 Å². The summed E-state index contributed by atoms with van der Waals surface area (Å²) in [5.41, 5.74) is 3.16. The number of fused-ring (bicyclic) bond motifs is 1. The van der Waals surface area contributed by atoms with Crippen molar-refractivity contribution < 1.29 is 14.6 Å². The first-order chi connectivity index (χ1) is 10.3. The second-order valence-electron chi connectivity index (χ2n) is 5.15. The Labute approximate surface area is 124 Å². The summed E-state index contributed by atoms with van der Waals surface area (Å²) in [5.74, 6) is 1.50. The zero-order valence-corrected chi connectivity index (χ0v) is 12.0. The van der Waals surface area contributed by atoms with E-state index in [0.717, 1.165) is 22.7 Å². The normalized spacial score (nSPS) is 14.6. The molecule has 0 saturated heterocycles. The summed E-state index contributed by atoms with van der Waals surface area (Å²) >= 11 is 0. The van der Waals surface area contributed by atoms with Gasteiger partial charge in [-0.3, -0.25) is 0 Å². The number of rotatable bonds is 4. The first kappa shape index (κ1) is 13.8. The number of aliphatic hydroxyl groups excluding tert-OH is 1. The first-order valence-corrected chi connectivity index (χ1v) is 7.10. The highest BCUT2D eigenvalue weighted by molar-refractivity contribution is 5.49. The molecule has 2 aromatic rings. The minimum absolute atomic E-state index is 0.00746. The summed E-state index contributed by atoms with van der Waals surface area (Å²) in [6.07, 6.45) is 0. The van der Waals surface area contributed by atoms with Crippen LogP contribution in [-0.4, -0.2) is 24.9 Å². The molecule has 110 valence electrons. The molecule has 1 heterocycles. The van der Waals surface area contributed by atoms with Gasteiger partial charge in [-0.05, 0) is 36.8 Å². The number of aryl methyl sites for hydroxylation is 1. The van der Waals surface area contributed by atoms with Crippen molar-refractivity contribution in [2.45, 2.75) is 13.0 Å². The van der Waals surface area contributed by atoms with E-state index in [2.05, 4.69) is 5.32 Å². The van der Waals surface area contributed by atoms with Gasteiger partial charge in [0.05, 0.1) is 12.6 Å². The Hall–Kier alpha value is -2.20. The maximum absolute atomic E-state index is 9.66. The fourth-order valence-corrected chi connectivity index (χ4v) is 2.36. The van der Waals surface area contributed by atoms with E-state index in [4.69, 9.17) is 9.47 Å². The molecule has 21 heavy (non-hydrogen) atoms. The predicted molar refractivity (Wildman–Crippen MR) is 82.1 cm³/mol. The Morgan fingerprint density at radius 1 is 1.05 bits per heavy atom. The highest BCUT2D eigenvalue weighted by Crippen LogP contribution is 2.33. The summed E-state index contributed by atoms with van der Waals surface area (Å²) in [6, 6.07) is 13.7. The second kappa shape index (κ2) is 6.06. The van der Waals surface area contributed by atoms with Gasteiger partial charge in [0.25, 0.3) is 0 Å². The monoisotopic (exact) mass is 285 g/mol. The second-order valence-corrected chi connectivity index (χ2v) is 5.15. The van der Waals surface area contributed by atoms with Gasteiger partial charge >= 0.3 is 0 Å². The molecular weight excluding hydrogens is 266 g/mol. The third-order valence-corrected chi connectivity index (χ3v) is 3.54. The molecule has 3 rings (SSSR count). The molecule has 2 N–H and O–H groups in total. The minimum atomic E-state index is -0.177. The average Bonchev–Trinajstić information content (AvgIpc) is 2.54. The fourth-order valence-electron chi connectivity index (χ4n) is 2.36. The Kier molecular flexibility index (Phi) is 3.97. The van der Waals surface area contributed by atoms with Gasteiger partial charge in [-0.15, -0.1) is 0 Å². The van der Waals surface area contributed by atoms with E-state index < -0.39 is 0 Å². The van der Waals surface area contributed by atoms with Crippen molar-refractivity contribution in [3.63, 3.8) is 0 Å². The van der Waals surface area contributed by atoms with Gasteiger partial charge in [-0.25, -0.2) is 0 Å². The van der Waals surface area contributed by atoms with Gasteiger partial charge in [0.15, 0.2) is 11.5 Å². The fraction of sp³-hybridized carbons (Fsp3) is 0.294. The number of benzene rings is 2. The van der Waals surface area contributed by atoms with E-state index in [1.54, 1.807) is 0 Å². The molecule has 0 radical (unpaired) electrons. The summed E-state index contributed by atoms with van der Waals surface area (Å²) in [7, 11) is 0. The van der Waals surface area contributed by atoms with Crippen molar-refractivity contribution >= 4 is 5.69 Å². The summed E-state index contributed by atoms with van der Waals surface area (Å²) in [5, 5.41) is 13.0. The largest absolute Gasteiger partial charge is 0.486 e. The van der Waals surface area contributed by atoms with Crippen molar-refractivity contribution in [1.82, 2.24) is 0 Å². The first-order valence-electron chi connectivity index (χ1n) is 7.10. The van der Waals surface area contributed by atoms with E-state index in [1.165, 1.54) is 5.56 Å². The van der Waals surface area contributed by atoms with Crippen molar-refractivity contribution in [1.29, 1.82) is 0 Å². The number of aliphatic hydroxyl groups is 1. The zero-order valence-electron chi connectivity index (χ0n) is 12.0. The molecule has 4 heteroatoms. The van der Waals surface area contributed by atoms with Crippen molar-refractivity contribution in [2.75, 3.05) is 25.1 Å². The molecule has 0 aliphatic carbocycles. The average molecular weight is 285 g/mol. The lowest BCUT2D eigenvalue weighted by atomic mass is 10.1. The molecule has 1 aliphatic rings. The van der Waals surface area contributed by atoms with Gasteiger partial charge in [0, 0.05) is 5.69 Å². The van der Waals surface area contributed by atoms with Crippen molar-refractivity contribution in [3.05, 3.63) is 53.6 Å². The molecule has 0 fully saturated rings. The molecule has 1 unspecified atom stereocenters. The van der Waals surface area contributed by atoms with Crippen LogP contribution in [-0.2, 0) is 0 Å². The summed E-state index contributed by atoms with van der Waals surface area (Å²) < 4.78 is 11.1. The maximum atomic E-state index is 9.66. The van der Waals surface area contributed by atoms with Gasteiger partial charge < -0.3 is 19.9 Å². The number of nitrogens with one attached hydrogen (secondary N) is 1. The lowest BCUT2D eigenvalue weighted by molar-refractivity contribution is 0.171. The number of hydrogen-bond acceptors (Lipinski definition) is 4. The lowest BCUT2D eigenvalue weighted by Gasteiger charge is -2.22. The molecule has 0 aromatic heterocycles. The molecule has 1 atom stereocenters. The molecule has 2 aromatic carbocycles. The molecule has 4 nitrogen and oxygen atoms in total. The molecule has 0 amide bonds. The van der Waals surface area contributed by atoms with Crippen LogP contribution in [0.1, 0.15) is 17.2 Å². The molecule has 0 bridgehead atoms. The molecule has 0 saturated carbocycles. The zero-order chi connectivity index (χ0) is 14.7. The number of hydrogen-bond donors (Lipinski definition) is 2. The topological polar surface area (TPSA) is 50.7 Å². The van der Waals surface area contributed by atoms with Crippen LogP contribution in [0.15, 0.2) is 42.5 Å². The Bertz CT molecular complexity index is 610. The van der Waals surface area contributed by atoms with Gasteiger partial charge in [-0.2, -0.15) is 0 Å². The van der Waals surface area contributed by atoms with Crippen LogP contribution in [0.3, 0.4) is 0 Å². The van der Waals surface area contributed by atoms with Gasteiger partial charge in [0.1, 0.15) is 13.2 Å². The molecular formula is C17H19NO3. The minimum Gasteiger partial charge on any atom is -0.486 e. The lowest BCUT2D eigenvalue weighted by Crippen LogP contribution is -2.18. The highest BCUT2D eigenvalue weighted by atomic mass is 16.6. The third kappa shape index (κ3) is 3.11.